The number of aryl methyl sites for hydroxylation is 3. The van der Waals surface area contributed by atoms with Crippen LogP contribution in [0.3, 0.4) is 0 Å². The van der Waals surface area contributed by atoms with Crippen LogP contribution >= 0.6 is 22.7 Å². The average Bonchev–Trinajstić information content (AvgIpc) is 4.22. The zero-order valence-corrected chi connectivity index (χ0v) is 40.4. The molecule has 12 rings (SSSR count). The van der Waals surface area contributed by atoms with Gasteiger partial charge in [0.25, 0.3) is 0 Å². The zero-order valence-electron chi connectivity index (χ0n) is 38.8. The van der Waals surface area contributed by atoms with Crippen molar-refractivity contribution in [3.63, 3.8) is 0 Å². The molecule has 0 radical (unpaired) electrons. The van der Waals surface area contributed by atoms with Crippen molar-refractivity contribution in [2.24, 2.45) is 27.1 Å². The number of benzene rings is 2. The molecule has 2 saturated carbocycles. The van der Waals surface area contributed by atoms with Crippen LogP contribution < -0.4 is 10.6 Å². The Morgan fingerprint density at radius 3 is 1.65 bits per heavy atom. The number of nitrogens with one attached hydrogen (secondary N) is 2. The summed E-state index contributed by atoms with van der Waals surface area (Å²) in [5.41, 5.74) is 6.07. The summed E-state index contributed by atoms with van der Waals surface area (Å²) in [6.45, 7) is 0.655. The third kappa shape index (κ3) is 7.96. The smallest absolute Gasteiger partial charge is 0.199 e. The maximum atomic E-state index is 6.30. The summed E-state index contributed by atoms with van der Waals surface area (Å²) in [6.07, 6.45) is 19.0. The van der Waals surface area contributed by atoms with Crippen LogP contribution in [0.1, 0.15) is 25.7 Å². The predicted molar refractivity (Wildman–Crippen MR) is 272 cm³/mol. The molecule has 0 bridgehead atoms. The van der Waals surface area contributed by atoms with E-state index < -0.39 is 0 Å². The molecular formula is C51H50N14O2S2. The molecule has 0 aliphatic heterocycles. The molecule has 2 aliphatic rings. The Balaban J connectivity index is 0.905. The number of nitrogens with zero attached hydrogens (tertiary/aromatic N) is 12. The van der Waals surface area contributed by atoms with Crippen molar-refractivity contribution in [3.05, 3.63) is 110 Å². The molecule has 2 N–H and O–H groups in total. The Morgan fingerprint density at radius 2 is 1.14 bits per heavy atom. The van der Waals surface area contributed by atoms with E-state index in [1.54, 1.807) is 36.0 Å². The number of ether oxygens (including phenoxy) is 2. The summed E-state index contributed by atoms with van der Waals surface area (Å²) < 4.78 is 20.1. The highest BCUT2D eigenvalue weighted by molar-refractivity contribution is 7.23. The van der Waals surface area contributed by atoms with E-state index in [1.807, 2.05) is 85.3 Å². The van der Waals surface area contributed by atoms with Gasteiger partial charge in [0.05, 0.1) is 56.8 Å². The highest BCUT2D eigenvalue weighted by Gasteiger charge is 2.37. The topological polar surface area (TPSA) is 165 Å². The molecule has 16 nitrogen and oxygen atoms in total. The Kier molecular flexibility index (Phi) is 11.1. The Hall–Kier alpha value is -7.12. The van der Waals surface area contributed by atoms with Crippen LogP contribution in [0.2, 0.25) is 0 Å². The fourth-order valence-corrected chi connectivity index (χ4v) is 12.4. The van der Waals surface area contributed by atoms with Crippen LogP contribution in [0.4, 0.5) is 11.6 Å². The van der Waals surface area contributed by atoms with E-state index in [0.717, 1.165) is 101 Å². The molecule has 2 aromatic carbocycles. The number of hydrogen-bond acceptors (Lipinski definition) is 14. The molecule has 10 aromatic rings. The highest BCUT2D eigenvalue weighted by atomic mass is 32.1. The summed E-state index contributed by atoms with van der Waals surface area (Å²) in [7, 11) is 9.55. The van der Waals surface area contributed by atoms with Crippen LogP contribution in [0.25, 0.3) is 87.1 Å². The van der Waals surface area contributed by atoms with Gasteiger partial charge in [-0.1, -0.05) is 60.7 Å². The van der Waals surface area contributed by atoms with Gasteiger partial charge >= 0.3 is 0 Å². The van der Waals surface area contributed by atoms with Gasteiger partial charge in [-0.2, -0.15) is 0 Å². The van der Waals surface area contributed by atoms with E-state index in [1.165, 1.54) is 0 Å². The van der Waals surface area contributed by atoms with Crippen molar-refractivity contribution in [2.45, 2.75) is 56.5 Å². The number of anilines is 2. The number of hydrogen-bond donors (Lipinski definition) is 2. The van der Waals surface area contributed by atoms with Gasteiger partial charge in [0.2, 0.25) is 0 Å². The van der Waals surface area contributed by atoms with E-state index in [0.29, 0.717) is 29.8 Å². The number of imidazole rings is 4. The van der Waals surface area contributed by atoms with Crippen LogP contribution in [0.15, 0.2) is 110 Å². The van der Waals surface area contributed by atoms with Crippen molar-refractivity contribution in [1.82, 2.24) is 58.1 Å². The van der Waals surface area contributed by atoms with E-state index >= 15 is 0 Å². The van der Waals surface area contributed by atoms with E-state index in [4.69, 9.17) is 44.4 Å². The second-order valence-electron chi connectivity index (χ2n) is 18.1. The lowest BCUT2D eigenvalue weighted by atomic mass is 9.89. The number of rotatable bonds is 14. The third-order valence-corrected chi connectivity index (χ3v) is 15.7. The normalized spacial score (nSPS) is 19.2. The van der Waals surface area contributed by atoms with E-state index in [-0.39, 0.29) is 30.2 Å². The zero-order chi connectivity index (χ0) is 46.8. The quantitative estimate of drug-likeness (QED) is 0.106. The van der Waals surface area contributed by atoms with Gasteiger partial charge in [0.15, 0.2) is 23.3 Å². The first-order valence-corrected chi connectivity index (χ1v) is 24.8. The minimum absolute atomic E-state index is 0.0374. The van der Waals surface area contributed by atoms with Gasteiger partial charge in [0.1, 0.15) is 21.3 Å². The Morgan fingerprint density at radius 1 is 0.609 bits per heavy atom. The summed E-state index contributed by atoms with van der Waals surface area (Å²) in [5.74, 6) is 4.20. The van der Waals surface area contributed by atoms with Gasteiger partial charge < -0.3 is 38.4 Å². The summed E-state index contributed by atoms with van der Waals surface area (Å²) in [5, 5.41) is 9.72. The Labute approximate surface area is 406 Å². The molecule has 18 heteroatoms. The molecule has 348 valence electrons. The standard InChI is InChI=1S/C51H50N14O2S2/c1-62-25-35(54-27-62)42-38(29-12-8-6-9-13-29)40-44(58-46(60-50(40)68-42)48-52-16-18-64(48)3)56-32-20-31(37(23-32)67-5)24-65-19-17-53-49(65)47-59-45(57-33-21-34(22-33)66-4)41-39(30-14-10-7-11-15-30)43(69-51(41)61-47)36-26-63(2)28-55-36/h6-19,25-28,31-34,37H,20-24H2,1-5H3,(H,56,58,60)(H,57,59,61)/t31?,32-,33?,34?,37-/m1/s1. The van der Waals surface area contributed by atoms with E-state index in [2.05, 4.69) is 81.1 Å². The SMILES string of the molecule is COC1CC(Nc2nc(-c3nccn3CC3C[C@@H](Nc4nc(-c5nccn5C)nc5sc(-c6cn(C)cn6)c(-c6ccccc6)c45)C[C@H]3OC)nc3sc(-c4cn(C)cn4)c(-c4ccccc4)c23)C1. The molecule has 8 aromatic heterocycles. The number of fused-ring (bicyclic) bond motifs is 2. The van der Waals surface area contributed by atoms with Crippen LogP contribution in [-0.4, -0.2) is 96.7 Å². The fourth-order valence-electron chi connectivity index (χ4n) is 10.0. The molecule has 69 heavy (non-hydrogen) atoms. The molecule has 0 saturated heterocycles. The molecule has 0 amide bonds. The van der Waals surface area contributed by atoms with Gasteiger partial charge in [-0.15, -0.1) is 22.7 Å². The molecule has 2 aliphatic carbocycles. The molecule has 2 fully saturated rings. The van der Waals surface area contributed by atoms with Crippen molar-refractivity contribution >= 4 is 54.7 Å². The van der Waals surface area contributed by atoms with Crippen molar-refractivity contribution in [2.75, 3.05) is 24.9 Å². The highest BCUT2D eigenvalue weighted by Crippen LogP contribution is 2.49. The predicted octanol–water partition coefficient (Wildman–Crippen LogP) is 9.59. The first kappa shape index (κ1) is 43.2. The minimum Gasteiger partial charge on any atom is -0.381 e. The lowest BCUT2D eigenvalue weighted by molar-refractivity contribution is 0.0328. The lowest BCUT2D eigenvalue weighted by Crippen LogP contribution is -2.40. The van der Waals surface area contributed by atoms with Gasteiger partial charge in [-0.25, -0.2) is 39.9 Å². The minimum atomic E-state index is -0.0381. The maximum Gasteiger partial charge on any atom is 0.199 e. The Bertz CT molecular complexity index is 3460. The maximum absolute atomic E-state index is 6.30. The van der Waals surface area contributed by atoms with Crippen molar-refractivity contribution in [1.29, 1.82) is 0 Å². The second kappa shape index (κ2) is 17.8. The summed E-state index contributed by atoms with van der Waals surface area (Å²) in [6, 6.07) is 21.2. The fraction of sp³-hybridized carbons (Fsp3) is 0.294. The lowest BCUT2D eigenvalue weighted by Gasteiger charge is -2.35. The third-order valence-electron chi connectivity index (χ3n) is 13.5. The number of methoxy groups -OCH3 is 2. The molecule has 8 heterocycles. The molecule has 1 unspecified atom stereocenters. The van der Waals surface area contributed by atoms with Crippen LogP contribution in [0.5, 0.6) is 0 Å². The first-order valence-electron chi connectivity index (χ1n) is 23.1. The second-order valence-corrected chi connectivity index (χ2v) is 20.1. The molecule has 0 spiro atoms. The van der Waals surface area contributed by atoms with Crippen LogP contribution in [-0.2, 0) is 37.2 Å². The van der Waals surface area contributed by atoms with Gasteiger partial charge in [-0.3, -0.25) is 0 Å². The van der Waals surface area contributed by atoms with Crippen molar-refractivity contribution < 1.29 is 9.47 Å². The molecular weight excluding hydrogens is 905 g/mol. The monoisotopic (exact) mass is 954 g/mol. The largest absolute Gasteiger partial charge is 0.381 e. The van der Waals surface area contributed by atoms with Gasteiger partial charge in [-0.05, 0) is 36.8 Å². The van der Waals surface area contributed by atoms with Crippen LogP contribution in [0, 0.1) is 5.92 Å². The summed E-state index contributed by atoms with van der Waals surface area (Å²) in [4.78, 5) is 44.1. The number of thiophene rings is 2. The van der Waals surface area contributed by atoms with Crippen molar-refractivity contribution in [3.8, 4) is 66.7 Å². The molecule has 3 atom stereocenters. The van der Waals surface area contributed by atoms with Gasteiger partial charge in [0, 0.05) is 108 Å². The van der Waals surface area contributed by atoms with E-state index in [9.17, 15) is 0 Å². The summed E-state index contributed by atoms with van der Waals surface area (Å²) >= 11 is 3.27. The number of aromatic nitrogens is 12. The average molecular weight is 955 g/mol. The first-order chi connectivity index (χ1) is 33.8.